The molecule has 1 heterocycles. The molecule has 7 atom stereocenters. The molecular formula is C15H24ClFN2OS. The zero-order chi connectivity index (χ0) is 15.2. The average molecular weight is 335 g/mol. The third kappa shape index (κ3) is 2.59. The van der Waals surface area contributed by atoms with Gasteiger partial charge in [0, 0.05) is 22.5 Å². The zero-order valence-corrected chi connectivity index (χ0v) is 13.9. The number of fused-ring (bicyclic) bond motifs is 1. The Labute approximate surface area is 134 Å². The lowest BCUT2D eigenvalue weighted by Crippen LogP contribution is -2.58. The van der Waals surface area contributed by atoms with Gasteiger partial charge in [-0.1, -0.05) is 0 Å². The standard InChI is InChI=1S/C15H24ClFN2OS/c1-21-9-3-4-12(17)10(7-9)15(20)11-6-8(16)2-5-13(11)19-14(15)18/h8-13,20H,2-7H2,1H3,(H2,18,19). The molecule has 3 aliphatic rings. The first-order chi connectivity index (χ1) is 9.96. The molecule has 6 heteroatoms. The van der Waals surface area contributed by atoms with Gasteiger partial charge in [-0.2, -0.15) is 11.8 Å². The summed E-state index contributed by atoms with van der Waals surface area (Å²) in [6, 6.07) is 0.0202. The van der Waals surface area contributed by atoms with E-state index in [1.807, 2.05) is 0 Å². The maximum Gasteiger partial charge on any atom is 0.132 e. The first kappa shape index (κ1) is 15.9. The van der Waals surface area contributed by atoms with Crippen molar-refractivity contribution >= 4 is 29.2 Å². The number of alkyl halides is 2. The number of aliphatic hydroxyl groups is 1. The monoisotopic (exact) mass is 334 g/mol. The molecule has 0 saturated heterocycles. The van der Waals surface area contributed by atoms with Crippen LogP contribution in [0.2, 0.25) is 0 Å². The summed E-state index contributed by atoms with van der Waals surface area (Å²) in [5.74, 6) is -0.306. The first-order valence-electron chi connectivity index (χ1n) is 7.83. The topological polar surface area (TPSA) is 58.6 Å². The van der Waals surface area contributed by atoms with Crippen LogP contribution >= 0.6 is 23.4 Å². The van der Waals surface area contributed by atoms with Crippen LogP contribution in [0, 0.1) is 11.8 Å². The fraction of sp³-hybridized carbons (Fsp3) is 0.933. The second-order valence-electron chi connectivity index (χ2n) is 6.72. The van der Waals surface area contributed by atoms with Gasteiger partial charge in [-0.3, -0.25) is 4.99 Å². The van der Waals surface area contributed by atoms with E-state index in [9.17, 15) is 9.50 Å². The minimum Gasteiger partial charge on any atom is -0.385 e. The lowest BCUT2D eigenvalue weighted by molar-refractivity contribution is -0.0574. The number of hydrogen-bond acceptors (Lipinski definition) is 4. The van der Waals surface area contributed by atoms with Gasteiger partial charge in [-0.15, -0.1) is 11.6 Å². The summed E-state index contributed by atoms with van der Waals surface area (Å²) in [5.41, 5.74) is 4.78. The Morgan fingerprint density at radius 1 is 1.29 bits per heavy atom. The quantitative estimate of drug-likeness (QED) is 0.763. The van der Waals surface area contributed by atoms with E-state index in [-0.39, 0.29) is 23.2 Å². The molecule has 7 unspecified atom stereocenters. The molecule has 0 aromatic heterocycles. The molecule has 0 bridgehead atoms. The Morgan fingerprint density at radius 3 is 2.76 bits per heavy atom. The van der Waals surface area contributed by atoms with E-state index in [0.29, 0.717) is 24.5 Å². The third-order valence-electron chi connectivity index (χ3n) is 5.65. The lowest BCUT2D eigenvalue weighted by atomic mass is 9.65. The largest absolute Gasteiger partial charge is 0.385 e. The van der Waals surface area contributed by atoms with Crippen LogP contribution in [-0.2, 0) is 0 Å². The molecule has 0 aromatic rings. The summed E-state index contributed by atoms with van der Waals surface area (Å²) in [5, 5.41) is 11.8. The molecular weight excluding hydrogens is 311 g/mol. The Hall–Kier alpha value is -0.0000000000000000555. The summed E-state index contributed by atoms with van der Waals surface area (Å²) < 4.78 is 14.6. The number of hydrogen-bond donors (Lipinski definition) is 2. The highest BCUT2D eigenvalue weighted by Gasteiger charge is 2.58. The van der Waals surface area contributed by atoms with Crippen LogP contribution in [0.4, 0.5) is 4.39 Å². The van der Waals surface area contributed by atoms with E-state index < -0.39 is 17.7 Å². The van der Waals surface area contributed by atoms with Gasteiger partial charge in [-0.25, -0.2) is 4.39 Å². The number of aliphatic imine (C=N–C) groups is 1. The van der Waals surface area contributed by atoms with Crippen molar-refractivity contribution < 1.29 is 9.50 Å². The molecule has 3 nitrogen and oxygen atoms in total. The number of thioether (sulfide) groups is 1. The van der Waals surface area contributed by atoms with Gasteiger partial charge in [0.15, 0.2) is 0 Å². The number of halogens is 2. The molecule has 0 spiro atoms. The van der Waals surface area contributed by atoms with E-state index >= 15 is 0 Å². The molecule has 2 saturated carbocycles. The molecule has 0 amide bonds. The maximum absolute atomic E-state index is 14.6. The Bertz CT molecular complexity index is 438. The molecule has 2 fully saturated rings. The first-order valence-corrected chi connectivity index (χ1v) is 9.56. The van der Waals surface area contributed by atoms with E-state index in [2.05, 4.69) is 11.2 Å². The number of nitrogens with zero attached hydrogens (tertiary/aromatic N) is 1. The smallest absolute Gasteiger partial charge is 0.132 e. The van der Waals surface area contributed by atoms with Crippen LogP contribution in [0.1, 0.15) is 38.5 Å². The molecule has 21 heavy (non-hydrogen) atoms. The molecule has 2 aliphatic carbocycles. The van der Waals surface area contributed by atoms with Gasteiger partial charge in [0.25, 0.3) is 0 Å². The molecule has 120 valence electrons. The number of nitrogens with two attached hydrogens (primary N) is 1. The minimum atomic E-state index is -1.30. The Balaban J connectivity index is 1.88. The summed E-state index contributed by atoms with van der Waals surface area (Å²) in [6.45, 7) is 0. The van der Waals surface area contributed by atoms with Gasteiger partial charge < -0.3 is 10.8 Å². The van der Waals surface area contributed by atoms with Crippen molar-refractivity contribution in [1.82, 2.24) is 0 Å². The third-order valence-corrected chi connectivity index (χ3v) is 7.14. The van der Waals surface area contributed by atoms with Gasteiger partial charge >= 0.3 is 0 Å². The Kier molecular flexibility index (Phi) is 4.46. The molecule has 0 radical (unpaired) electrons. The number of amidine groups is 1. The van der Waals surface area contributed by atoms with Crippen LogP contribution in [0.15, 0.2) is 4.99 Å². The van der Waals surface area contributed by atoms with Crippen molar-refractivity contribution in [2.45, 2.75) is 67.0 Å². The zero-order valence-electron chi connectivity index (χ0n) is 12.3. The average Bonchev–Trinajstić information content (AvgIpc) is 2.72. The fourth-order valence-corrected chi connectivity index (χ4v) is 5.52. The van der Waals surface area contributed by atoms with Crippen molar-refractivity contribution in [2.75, 3.05) is 6.26 Å². The van der Waals surface area contributed by atoms with E-state index in [4.69, 9.17) is 17.3 Å². The summed E-state index contributed by atoms with van der Waals surface area (Å²) in [6.07, 6.45) is 5.53. The Morgan fingerprint density at radius 2 is 2.05 bits per heavy atom. The second kappa shape index (κ2) is 5.89. The van der Waals surface area contributed by atoms with Crippen LogP contribution in [0.3, 0.4) is 0 Å². The van der Waals surface area contributed by atoms with Crippen LogP contribution in [-0.4, -0.2) is 45.6 Å². The van der Waals surface area contributed by atoms with Crippen molar-refractivity contribution in [3.63, 3.8) is 0 Å². The van der Waals surface area contributed by atoms with Crippen LogP contribution in [0.25, 0.3) is 0 Å². The highest BCUT2D eigenvalue weighted by atomic mass is 35.5. The fourth-order valence-electron chi connectivity index (χ4n) is 4.43. The number of rotatable bonds is 2. The predicted molar refractivity (Wildman–Crippen MR) is 86.9 cm³/mol. The minimum absolute atomic E-state index is 0.0202. The highest BCUT2D eigenvalue weighted by molar-refractivity contribution is 7.99. The van der Waals surface area contributed by atoms with Crippen molar-refractivity contribution in [3.05, 3.63) is 0 Å². The van der Waals surface area contributed by atoms with Gasteiger partial charge in [-0.05, 0) is 44.8 Å². The van der Waals surface area contributed by atoms with Crippen LogP contribution in [0.5, 0.6) is 0 Å². The predicted octanol–water partition coefficient (Wildman–Crippen LogP) is 2.73. The van der Waals surface area contributed by atoms with E-state index in [1.54, 1.807) is 11.8 Å². The molecule has 3 rings (SSSR count). The molecule has 1 aliphatic heterocycles. The van der Waals surface area contributed by atoms with Crippen LogP contribution < -0.4 is 5.73 Å². The van der Waals surface area contributed by atoms with E-state index in [1.165, 1.54) is 0 Å². The maximum atomic E-state index is 14.6. The SMILES string of the molecule is CSC1CCC(F)C(C2(O)C(N)=NC3CCC(Cl)CC32)C1. The van der Waals surface area contributed by atoms with Crippen molar-refractivity contribution in [2.24, 2.45) is 22.6 Å². The summed E-state index contributed by atoms with van der Waals surface area (Å²) in [4.78, 5) is 4.47. The summed E-state index contributed by atoms with van der Waals surface area (Å²) >= 11 is 8.04. The lowest BCUT2D eigenvalue weighted by Gasteiger charge is -2.45. The second-order valence-corrected chi connectivity index (χ2v) is 8.47. The highest BCUT2D eigenvalue weighted by Crippen LogP contribution is 2.50. The summed E-state index contributed by atoms with van der Waals surface area (Å²) in [7, 11) is 0. The van der Waals surface area contributed by atoms with Gasteiger partial charge in [0.1, 0.15) is 17.6 Å². The molecule has 3 N–H and O–H groups in total. The normalized spacial score (nSPS) is 50.6. The van der Waals surface area contributed by atoms with E-state index in [0.717, 1.165) is 19.3 Å². The molecule has 0 aromatic carbocycles. The van der Waals surface area contributed by atoms with Crippen molar-refractivity contribution in [1.29, 1.82) is 0 Å². The van der Waals surface area contributed by atoms with Gasteiger partial charge in [0.05, 0.1) is 6.04 Å². The van der Waals surface area contributed by atoms with Crippen molar-refractivity contribution in [3.8, 4) is 0 Å². The van der Waals surface area contributed by atoms with Gasteiger partial charge in [0.2, 0.25) is 0 Å².